The van der Waals surface area contributed by atoms with E-state index in [1.807, 2.05) is 11.9 Å². The van der Waals surface area contributed by atoms with Crippen molar-refractivity contribution in [2.45, 2.75) is 12.5 Å². The Morgan fingerprint density at radius 2 is 1.96 bits per heavy atom. The molecule has 8 heteroatoms. The molecule has 26 heavy (non-hydrogen) atoms. The van der Waals surface area contributed by atoms with Gasteiger partial charge < -0.3 is 24.8 Å². The average molecular weight is 362 g/mol. The minimum atomic E-state index is -0.216. The Hall–Kier alpha value is -2.77. The van der Waals surface area contributed by atoms with Crippen molar-refractivity contribution in [2.75, 3.05) is 53.3 Å². The minimum absolute atomic E-state index is 0.0185. The van der Waals surface area contributed by atoms with Crippen LogP contribution in [0.1, 0.15) is 16.8 Å². The number of benzene rings is 1. The second-order valence-corrected chi connectivity index (χ2v) is 6.58. The number of ether oxygens (including phenoxy) is 1. The molecule has 0 saturated heterocycles. The molecule has 0 saturated carbocycles. The summed E-state index contributed by atoms with van der Waals surface area (Å²) in [6.45, 7) is 0.384. The summed E-state index contributed by atoms with van der Waals surface area (Å²) in [5.74, 6) is 0.235. The van der Waals surface area contributed by atoms with Crippen LogP contribution >= 0.6 is 0 Å². The fourth-order valence-electron chi connectivity index (χ4n) is 2.74. The molecule has 1 heterocycles. The van der Waals surface area contributed by atoms with Gasteiger partial charge in [-0.15, -0.1) is 0 Å². The average Bonchev–Trinajstić information content (AvgIpc) is 2.62. The van der Waals surface area contributed by atoms with Gasteiger partial charge in [0.25, 0.3) is 5.91 Å². The van der Waals surface area contributed by atoms with Crippen molar-refractivity contribution in [2.24, 2.45) is 0 Å². The van der Waals surface area contributed by atoms with Crippen LogP contribution in [0.5, 0.6) is 5.75 Å². The summed E-state index contributed by atoms with van der Waals surface area (Å²) in [7, 11) is 8.41. The standard InChI is InChI=1S/C18H26N4O4/c1-19-16(23)10-21(4)17(24)9-13-11-26-15-7-6-12(18(25)20(2)3)8-14(15)22(13)5/h6-8,13H,9-11H2,1-5H3,(H,19,23)/t13-/m1/s1. The highest BCUT2D eigenvalue weighted by molar-refractivity contribution is 5.95. The molecule has 0 unspecified atom stereocenters. The maximum absolute atomic E-state index is 12.4. The monoisotopic (exact) mass is 362 g/mol. The van der Waals surface area contributed by atoms with Crippen molar-refractivity contribution < 1.29 is 19.1 Å². The van der Waals surface area contributed by atoms with E-state index in [2.05, 4.69) is 5.32 Å². The molecule has 0 bridgehead atoms. The summed E-state index contributed by atoms with van der Waals surface area (Å²) in [6, 6.07) is 5.12. The number of amides is 3. The summed E-state index contributed by atoms with van der Waals surface area (Å²) in [5, 5.41) is 2.50. The number of fused-ring (bicyclic) bond motifs is 1. The number of hydrogen-bond acceptors (Lipinski definition) is 5. The third-order valence-electron chi connectivity index (χ3n) is 4.47. The van der Waals surface area contributed by atoms with Crippen molar-refractivity contribution in [3.63, 3.8) is 0 Å². The molecule has 1 aliphatic heterocycles. The lowest BCUT2D eigenvalue weighted by molar-refractivity contribution is -0.135. The van der Waals surface area contributed by atoms with Crippen LogP contribution in [-0.2, 0) is 9.59 Å². The Morgan fingerprint density at radius 3 is 2.58 bits per heavy atom. The van der Waals surface area contributed by atoms with Gasteiger partial charge in [-0.05, 0) is 18.2 Å². The molecule has 1 aromatic carbocycles. The van der Waals surface area contributed by atoms with E-state index in [-0.39, 0.29) is 36.7 Å². The van der Waals surface area contributed by atoms with E-state index in [1.54, 1.807) is 39.3 Å². The molecule has 1 N–H and O–H groups in total. The first-order valence-corrected chi connectivity index (χ1v) is 8.40. The number of anilines is 1. The number of nitrogens with zero attached hydrogens (tertiary/aromatic N) is 3. The van der Waals surface area contributed by atoms with Gasteiger partial charge in [-0.25, -0.2) is 0 Å². The maximum Gasteiger partial charge on any atom is 0.253 e. The lowest BCUT2D eigenvalue weighted by Gasteiger charge is -2.36. The number of nitrogens with one attached hydrogen (secondary N) is 1. The van der Waals surface area contributed by atoms with Crippen molar-refractivity contribution >= 4 is 23.4 Å². The molecular formula is C18H26N4O4. The molecule has 1 aromatic rings. The van der Waals surface area contributed by atoms with Gasteiger partial charge in [0.05, 0.1) is 24.7 Å². The molecule has 3 amide bonds. The zero-order valence-electron chi connectivity index (χ0n) is 15.9. The molecule has 0 aromatic heterocycles. The number of likely N-dealkylation sites (N-methyl/N-ethyl adjacent to an activating group) is 3. The maximum atomic E-state index is 12.4. The summed E-state index contributed by atoms with van der Waals surface area (Å²) in [6.07, 6.45) is 0.218. The van der Waals surface area contributed by atoms with Crippen LogP contribution in [0.3, 0.4) is 0 Å². The molecule has 2 rings (SSSR count). The van der Waals surface area contributed by atoms with Crippen LogP contribution in [0.15, 0.2) is 18.2 Å². The molecule has 142 valence electrons. The molecule has 1 atom stereocenters. The third-order valence-corrected chi connectivity index (χ3v) is 4.47. The molecule has 0 aliphatic carbocycles. The van der Waals surface area contributed by atoms with Gasteiger partial charge in [-0.2, -0.15) is 0 Å². The first kappa shape index (κ1) is 19.6. The molecule has 0 spiro atoms. The van der Waals surface area contributed by atoms with Gasteiger partial charge in [0.15, 0.2) is 0 Å². The van der Waals surface area contributed by atoms with Crippen molar-refractivity contribution in [1.29, 1.82) is 0 Å². The first-order chi connectivity index (χ1) is 12.2. The summed E-state index contributed by atoms with van der Waals surface area (Å²) in [4.78, 5) is 40.9. The van der Waals surface area contributed by atoms with Crippen LogP contribution in [-0.4, -0.2) is 82.0 Å². The molecule has 1 aliphatic rings. The van der Waals surface area contributed by atoms with Gasteiger partial charge in [-0.1, -0.05) is 0 Å². The summed E-state index contributed by atoms with van der Waals surface area (Å²) >= 11 is 0. The van der Waals surface area contributed by atoms with E-state index in [4.69, 9.17) is 4.74 Å². The number of carbonyl (C=O) groups is 3. The van der Waals surface area contributed by atoms with Crippen LogP contribution in [0, 0.1) is 0 Å². The number of rotatable bonds is 5. The fourth-order valence-corrected chi connectivity index (χ4v) is 2.74. The van der Waals surface area contributed by atoms with E-state index >= 15 is 0 Å². The van der Waals surface area contributed by atoms with Gasteiger partial charge >= 0.3 is 0 Å². The van der Waals surface area contributed by atoms with E-state index in [1.165, 1.54) is 16.8 Å². The minimum Gasteiger partial charge on any atom is -0.489 e. The molecule has 8 nitrogen and oxygen atoms in total. The second-order valence-electron chi connectivity index (χ2n) is 6.58. The zero-order valence-corrected chi connectivity index (χ0v) is 15.9. The zero-order chi connectivity index (χ0) is 19.4. The lowest BCUT2D eigenvalue weighted by Crippen LogP contribution is -2.45. The van der Waals surface area contributed by atoms with Gasteiger partial charge in [-0.3, -0.25) is 14.4 Å². The molecular weight excluding hydrogens is 336 g/mol. The highest BCUT2D eigenvalue weighted by Crippen LogP contribution is 2.34. The van der Waals surface area contributed by atoms with Gasteiger partial charge in [0.1, 0.15) is 12.4 Å². The quantitative estimate of drug-likeness (QED) is 0.808. The van der Waals surface area contributed by atoms with E-state index in [0.717, 1.165) is 5.69 Å². The Morgan fingerprint density at radius 1 is 1.27 bits per heavy atom. The SMILES string of the molecule is CNC(=O)CN(C)C(=O)C[C@@H]1COc2ccc(C(=O)N(C)C)cc2N1C. The number of carbonyl (C=O) groups excluding carboxylic acids is 3. The Kier molecular flexibility index (Phi) is 6.07. The molecule has 0 radical (unpaired) electrons. The second kappa shape index (κ2) is 8.07. The van der Waals surface area contributed by atoms with E-state index < -0.39 is 0 Å². The van der Waals surface area contributed by atoms with Crippen molar-refractivity contribution in [3.05, 3.63) is 23.8 Å². The third kappa shape index (κ3) is 4.25. The topological polar surface area (TPSA) is 82.2 Å². The van der Waals surface area contributed by atoms with Crippen molar-refractivity contribution in [1.82, 2.24) is 15.1 Å². The first-order valence-electron chi connectivity index (χ1n) is 8.40. The van der Waals surface area contributed by atoms with E-state index in [9.17, 15) is 14.4 Å². The smallest absolute Gasteiger partial charge is 0.253 e. The largest absolute Gasteiger partial charge is 0.489 e. The summed E-state index contributed by atoms with van der Waals surface area (Å²) < 4.78 is 5.77. The lowest BCUT2D eigenvalue weighted by atomic mass is 10.1. The Balaban J connectivity index is 2.12. The predicted molar refractivity (Wildman–Crippen MR) is 98.5 cm³/mol. The predicted octanol–water partition coefficient (Wildman–Crippen LogP) is 0.180. The Labute approximate surface area is 153 Å². The van der Waals surface area contributed by atoms with E-state index in [0.29, 0.717) is 17.9 Å². The fraction of sp³-hybridized carbons (Fsp3) is 0.500. The van der Waals surface area contributed by atoms with Crippen LogP contribution < -0.4 is 15.0 Å². The summed E-state index contributed by atoms with van der Waals surface area (Å²) in [5.41, 5.74) is 1.34. The van der Waals surface area contributed by atoms with Crippen LogP contribution in [0.25, 0.3) is 0 Å². The number of hydrogen-bond donors (Lipinski definition) is 1. The highest BCUT2D eigenvalue weighted by Gasteiger charge is 2.29. The van der Waals surface area contributed by atoms with Crippen LogP contribution in [0.4, 0.5) is 5.69 Å². The normalized spacial score (nSPS) is 15.6. The van der Waals surface area contributed by atoms with Gasteiger partial charge in [0, 0.05) is 40.8 Å². The Bertz CT molecular complexity index is 704. The van der Waals surface area contributed by atoms with Crippen molar-refractivity contribution in [3.8, 4) is 5.75 Å². The van der Waals surface area contributed by atoms with Gasteiger partial charge in [0.2, 0.25) is 11.8 Å². The molecule has 0 fully saturated rings. The highest BCUT2D eigenvalue weighted by atomic mass is 16.5. The van der Waals surface area contributed by atoms with Crippen LogP contribution in [0.2, 0.25) is 0 Å².